The number of nitrogens with zero attached hydrogens (tertiary/aromatic N) is 2. The third-order valence-corrected chi connectivity index (χ3v) is 4.60. The van der Waals surface area contributed by atoms with E-state index in [1.807, 2.05) is 25.1 Å². The monoisotopic (exact) mass is 338 g/mol. The van der Waals surface area contributed by atoms with Crippen LogP contribution in [-0.2, 0) is 0 Å². The molecular weight excluding hydrogens is 312 g/mol. The van der Waals surface area contributed by atoms with E-state index >= 15 is 0 Å². The molecule has 0 unspecified atom stereocenters. The van der Waals surface area contributed by atoms with Gasteiger partial charge in [-0.05, 0) is 50.6 Å². The second kappa shape index (κ2) is 8.67. The summed E-state index contributed by atoms with van der Waals surface area (Å²) in [5, 5.41) is 10.3. The van der Waals surface area contributed by atoms with Crippen molar-refractivity contribution in [3.8, 4) is 11.5 Å². The number of phenolic OH excluding ortho intramolecular Hbond substituents is 1. The fourth-order valence-electron chi connectivity index (χ4n) is 3.33. The molecule has 132 valence electrons. The topological polar surface area (TPSA) is 45.1 Å². The van der Waals surface area contributed by atoms with Gasteiger partial charge < -0.3 is 9.84 Å². The van der Waals surface area contributed by atoms with E-state index in [9.17, 15) is 5.11 Å². The molecule has 0 amide bonds. The van der Waals surface area contributed by atoms with Crippen molar-refractivity contribution in [2.45, 2.75) is 25.8 Å². The normalized spacial score (nSPS) is 16.4. The first-order valence-electron chi connectivity index (χ1n) is 9.03. The molecule has 1 fully saturated rings. The van der Waals surface area contributed by atoms with E-state index < -0.39 is 0 Å². The van der Waals surface area contributed by atoms with Crippen LogP contribution in [0.1, 0.15) is 36.9 Å². The van der Waals surface area contributed by atoms with E-state index in [4.69, 9.17) is 4.74 Å². The predicted molar refractivity (Wildman–Crippen MR) is 102 cm³/mol. The summed E-state index contributed by atoms with van der Waals surface area (Å²) in [7, 11) is 0. The highest BCUT2D eigenvalue weighted by atomic mass is 16.5. The summed E-state index contributed by atoms with van der Waals surface area (Å²) in [6, 6.07) is 16.3. The zero-order valence-corrected chi connectivity index (χ0v) is 14.8. The third-order valence-electron chi connectivity index (χ3n) is 4.60. The Labute approximate surface area is 149 Å². The van der Waals surface area contributed by atoms with Gasteiger partial charge in [-0.3, -0.25) is 9.89 Å². The maximum atomic E-state index is 10.3. The molecular formula is C21H26N2O2. The van der Waals surface area contributed by atoms with Gasteiger partial charge in [0.1, 0.15) is 0 Å². The average Bonchev–Trinajstić information content (AvgIpc) is 3.17. The quantitative estimate of drug-likeness (QED) is 0.775. The van der Waals surface area contributed by atoms with Crippen molar-refractivity contribution in [2.75, 3.05) is 26.2 Å². The molecule has 0 radical (unpaired) electrons. The van der Waals surface area contributed by atoms with Crippen LogP contribution < -0.4 is 4.74 Å². The predicted octanol–water partition coefficient (Wildman–Crippen LogP) is 4.05. The van der Waals surface area contributed by atoms with Crippen LogP contribution in [0.2, 0.25) is 0 Å². The van der Waals surface area contributed by atoms with Gasteiger partial charge in [0, 0.05) is 11.8 Å². The van der Waals surface area contributed by atoms with Gasteiger partial charge in [0.2, 0.25) is 0 Å². The Morgan fingerprint density at radius 3 is 2.60 bits per heavy atom. The Morgan fingerprint density at radius 2 is 1.88 bits per heavy atom. The maximum Gasteiger partial charge on any atom is 0.166 e. The summed E-state index contributed by atoms with van der Waals surface area (Å²) >= 11 is 0. The number of ether oxygens (including phenoxy) is 1. The molecule has 1 aliphatic rings. The maximum absolute atomic E-state index is 10.3. The summed E-state index contributed by atoms with van der Waals surface area (Å²) in [4.78, 5) is 7.15. The lowest BCUT2D eigenvalue weighted by atomic mass is 10.1. The van der Waals surface area contributed by atoms with Gasteiger partial charge in [-0.25, -0.2) is 0 Å². The van der Waals surface area contributed by atoms with E-state index in [0.29, 0.717) is 24.5 Å². The van der Waals surface area contributed by atoms with E-state index in [1.54, 1.807) is 12.3 Å². The van der Waals surface area contributed by atoms with Crippen molar-refractivity contribution >= 4 is 6.21 Å². The lowest BCUT2D eigenvalue weighted by Gasteiger charge is -2.26. The van der Waals surface area contributed by atoms with Crippen molar-refractivity contribution in [2.24, 2.45) is 4.99 Å². The van der Waals surface area contributed by atoms with Gasteiger partial charge in [-0.1, -0.05) is 36.4 Å². The first-order valence-corrected chi connectivity index (χ1v) is 9.03. The van der Waals surface area contributed by atoms with Crippen LogP contribution in [0.3, 0.4) is 0 Å². The molecule has 1 atom stereocenters. The van der Waals surface area contributed by atoms with Crippen LogP contribution in [-0.4, -0.2) is 42.5 Å². The molecule has 0 aliphatic carbocycles. The minimum Gasteiger partial charge on any atom is -0.504 e. The molecule has 0 bridgehead atoms. The van der Waals surface area contributed by atoms with E-state index in [-0.39, 0.29) is 11.8 Å². The van der Waals surface area contributed by atoms with Crippen LogP contribution in [0.4, 0.5) is 0 Å². The van der Waals surface area contributed by atoms with Crippen LogP contribution in [0.15, 0.2) is 53.5 Å². The molecule has 3 rings (SSSR count). The molecule has 1 aliphatic heterocycles. The van der Waals surface area contributed by atoms with Crippen LogP contribution in [0.5, 0.6) is 11.5 Å². The van der Waals surface area contributed by atoms with Crippen LogP contribution >= 0.6 is 0 Å². The van der Waals surface area contributed by atoms with Crippen molar-refractivity contribution in [1.82, 2.24) is 4.90 Å². The third kappa shape index (κ3) is 4.40. The van der Waals surface area contributed by atoms with Crippen molar-refractivity contribution in [3.63, 3.8) is 0 Å². The van der Waals surface area contributed by atoms with Gasteiger partial charge in [0.15, 0.2) is 11.5 Å². The molecule has 25 heavy (non-hydrogen) atoms. The minimum atomic E-state index is 0.158. The van der Waals surface area contributed by atoms with Crippen LogP contribution in [0, 0.1) is 0 Å². The van der Waals surface area contributed by atoms with Crippen molar-refractivity contribution < 1.29 is 9.84 Å². The molecule has 0 saturated carbocycles. The molecule has 1 N–H and O–H groups in total. The lowest BCUT2D eigenvalue weighted by Crippen LogP contribution is -2.27. The summed E-state index contributed by atoms with van der Waals surface area (Å²) in [5.41, 5.74) is 1.99. The molecule has 2 aromatic rings. The number of likely N-dealkylation sites (tertiary alicyclic amines) is 1. The zero-order chi connectivity index (χ0) is 17.5. The Morgan fingerprint density at radius 1 is 1.12 bits per heavy atom. The Balaban J connectivity index is 1.75. The number of hydrogen-bond acceptors (Lipinski definition) is 4. The largest absolute Gasteiger partial charge is 0.504 e. The highest BCUT2D eigenvalue weighted by Crippen LogP contribution is 2.29. The van der Waals surface area contributed by atoms with Crippen molar-refractivity contribution in [1.29, 1.82) is 0 Å². The van der Waals surface area contributed by atoms with Gasteiger partial charge in [0.05, 0.1) is 19.2 Å². The molecule has 4 nitrogen and oxygen atoms in total. The summed E-state index contributed by atoms with van der Waals surface area (Å²) in [5.74, 6) is 0.663. The number of aromatic hydroxyl groups is 1. The summed E-state index contributed by atoms with van der Waals surface area (Å²) in [6.45, 7) is 5.36. The first-order chi connectivity index (χ1) is 12.3. The van der Waals surface area contributed by atoms with Gasteiger partial charge in [0.25, 0.3) is 0 Å². The Bertz CT molecular complexity index is 694. The summed E-state index contributed by atoms with van der Waals surface area (Å²) in [6.07, 6.45) is 4.26. The second-order valence-electron chi connectivity index (χ2n) is 6.29. The van der Waals surface area contributed by atoms with Crippen LogP contribution in [0.25, 0.3) is 0 Å². The van der Waals surface area contributed by atoms with Crippen molar-refractivity contribution in [3.05, 3.63) is 59.7 Å². The fraction of sp³-hybridized carbons (Fsp3) is 0.381. The highest BCUT2D eigenvalue weighted by molar-refractivity contribution is 5.84. The van der Waals surface area contributed by atoms with E-state index in [1.165, 1.54) is 18.4 Å². The van der Waals surface area contributed by atoms with Gasteiger partial charge >= 0.3 is 0 Å². The Hall–Kier alpha value is -2.33. The zero-order valence-electron chi connectivity index (χ0n) is 14.8. The number of aliphatic imine (C=N–C) groups is 1. The summed E-state index contributed by atoms with van der Waals surface area (Å²) < 4.78 is 5.44. The number of phenols is 1. The Kier molecular flexibility index (Phi) is 6.07. The number of para-hydroxylation sites is 1. The molecule has 2 aromatic carbocycles. The minimum absolute atomic E-state index is 0.158. The molecule has 1 saturated heterocycles. The van der Waals surface area contributed by atoms with E-state index in [2.05, 4.69) is 34.2 Å². The highest BCUT2D eigenvalue weighted by Gasteiger charge is 2.22. The molecule has 4 heteroatoms. The SMILES string of the molecule is CCOc1cccc(C=NC[C@@H](c2ccccc2)N2CCCC2)c1O. The van der Waals surface area contributed by atoms with Gasteiger partial charge in [-0.2, -0.15) is 0 Å². The number of hydrogen-bond donors (Lipinski definition) is 1. The fourth-order valence-corrected chi connectivity index (χ4v) is 3.33. The smallest absolute Gasteiger partial charge is 0.166 e. The number of benzene rings is 2. The molecule has 1 heterocycles. The molecule has 0 spiro atoms. The first kappa shape index (κ1) is 17.5. The average molecular weight is 338 g/mol. The van der Waals surface area contributed by atoms with E-state index in [0.717, 1.165) is 13.1 Å². The number of rotatable bonds is 7. The standard InChI is InChI=1S/C21H26N2O2/c1-2-25-20-12-8-11-18(21(20)24)15-22-16-19(23-13-6-7-14-23)17-9-4-3-5-10-17/h3-5,8-12,15,19,24H,2,6-7,13-14,16H2,1H3/t19-/m0/s1. The lowest BCUT2D eigenvalue weighted by molar-refractivity contribution is 0.252. The van der Waals surface area contributed by atoms with Gasteiger partial charge in [-0.15, -0.1) is 0 Å². The molecule has 0 aromatic heterocycles. The second-order valence-corrected chi connectivity index (χ2v) is 6.29.